The van der Waals surface area contributed by atoms with Gasteiger partial charge in [-0.1, -0.05) is 17.8 Å². The summed E-state index contributed by atoms with van der Waals surface area (Å²) < 4.78 is 4.78. The quantitative estimate of drug-likeness (QED) is 0.684. The fourth-order valence-electron chi connectivity index (χ4n) is 2.02. The second kappa shape index (κ2) is 6.22. The van der Waals surface area contributed by atoms with Crippen LogP contribution in [0.4, 0.5) is 5.69 Å². The Hall–Kier alpha value is -1.94. The number of carbonyl (C=O) groups excluding carboxylic acids is 1. The maximum atomic E-state index is 11.8. The van der Waals surface area contributed by atoms with Crippen molar-refractivity contribution >= 4 is 23.4 Å². The number of rotatable bonds is 3. The van der Waals surface area contributed by atoms with Crippen LogP contribution in [0.5, 0.6) is 0 Å². The van der Waals surface area contributed by atoms with Gasteiger partial charge in [-0.15, -0.1) is 0 Å². The molecule has 0 radical (unpaired) electrons. The highest BCUT2D eigenvalue weighted by molar-refractivity contribution is 7.99. The maximum absolute atomic E-state index is 11.8. The highest BCUT2D eigenvalue weighted by atomic mass is 32.2. The van der Waals surface area contributed by atoms with Gasteiger partial charge in [-0.05, 0) is 61.7 Å². The van der Waals surface area contributed by atoms with Gasteiger partial charge in [0.15, 0.2) is 0 Å². The predicted molar refractivity (Wildman–Crippen MR) is 87.0 cm³/mol. The van der Waals surface area contributed by atoms with Crippen LogP contribution in [0.15, 0.2) is 40.1 Å². The minimum absolute atomic E-state index is 0.405. The molecule has 21 heavy (non-hydrogen) atoms. The molecule has 0 bridgehead atoms. The van der Waals surface area contributed by atoms with Gasteiger partial charge in [0.25, 0.3) is 0 Å². The number of nitrogens with two attached hydrogens (primary N) is 1. The van der Waals surface area contributed by atoms with Crippen LogP contribution in [0.25, 0.3) is 0 Å². The molecular weight excluding hydrogens is 282 g/mol. The Balaban J connectivity index is 2.38. The van der Waals surface area contributed by atoms with Crippen molar-refractivity contribution in [3.05, 3.63) is 52.6 Å². The predicted octanol–water partition coefficient (Wildman–Crippen LogP) is 4.13. The number of nitrogen functional groups attached to an aromatic ring is 1. The molecule has 0 spiro atoms. The standard InChI is InChI=1S/C17H19NO2S/c1-10-5-6-13(7-11(10)2)21-14-8-12(3)16(18)15(9-14)17(19)20-4/h5-9H,18H2,1-4H3. The Morgan fingerprint density at radius 1 is 1.00 bits per heavy atom. The third-order valence-corrected chi connectivity index (χ3v) is 4.44. The number of ether oxygens (including phenoxy) is 1. The summed E-state index contributed by atoms with van der Waals surface area (Å²) in [5.41, 5.74) is 10.2. The van der Waals surface area contributed by atoms with Crippen LogP contribution in [0, 0.1) is 20.8 Å². The molecule has 4 heteroatoms. The van der Waals surface area contributed by atoms with Crippen LogP contribution in [-0.2, 0) is 4.74 Å². The van der Waals surface area contributed by atoms with Crippen LogP contribution in [-0.4, -0.2) is 13.1 Å². The highest BCUT2D eigenvalue weighted by Gasteiger charge is 2.14. The van der Waals surface area contributed by atoms with Gasteiger partial charge in [0, 0.05) is 15.5 Å². The van der Waals surface area contributed by atoms with Crippen LogP contribution in [0.2, 0.25) is 0 Å². The van der Waals surface area contributed by atoms with E-state index in [1.165, 1.54) is 18.2 Å². The Morgan fingerprint density at radius 3 is 2.29 bits per heavy atom. The molecule has 0 aliphatic carbocycles. The summed E-state index contributed by atoms with van der Waals surface area (Å²) in [5.74, 6) is -0.405. The van der Waals surface area contributed by atoms with Crippen LogP contribution >= 0.6 is 11.8 Å². The monoisotopic (exact) mass is 301 g/mol. The molecule has 3 nitrogen and oxygen atoms in total. The molecule has 0 saturated carbocycles. The fraction of sp³-hybridized carbons (Fsp3) is 0.235. The molecule has 2 aromatic carbocycles. The zero-order valence-electron chi connectivity index (χ0n) is 12.7. The molecule has 0 aliphatic rings. The van der Waals surface area contributed by atoms with Gasteiger partial charge in [0.1, 0.15) is 0 Å². The molecule has 0 amide bonds. The topological polar surface area (TPSA) is 52.3 Å². The van der Waals surface area contributed by atoms with E-state index in [0.29, 0.717) is 11.3 Å². The summed E-state index contributed by atoms with van der Waals surface area (Å²) in [4.78, 5) is 13.9. The second-order valence-electron chi connectivity index (χ2n) is 5.04. The summed E-state index contributed by atoms with van der Waals surface area (Å²) in [6, 6.07) is 10.1. The molecule has 0 aliphatic heterocycles. The van der Waals surface area contributed by atoms with Gasteiger partial charge >= 0.3 is 5.97 Å². The first-order valence-corrected chi connectivity index (χ1v) is 7.47. The van der Waals surface area contributed by atoms with Crippen LogP contribution < -0.4 is 5.73 Å². The first-order chi connectivity index (χ1) is 9.92. The zero-order valence-corrected chi connectivity index (χ0v) is 13.5. The average molecular weight is 301 g/mol. The SMILES string of the molecule is COC(=O)c1cc(Sc2ccc(C)c(C)c2)cc(C)c1N. The van der Waals surface area contributed by atoms with E-state index in [1.807, 2.05) is 13.0 Å². The molecule has 110 valence electrons. The fourth-order valence-corrected chi connectivity index (χ4v) is 3.07. The van der Waals surface area contributed by atoms with E-state index in [-0.39, 0.29) is 0 Å². The van der Waals surface area contributed by atoms with Gasteiger partial charge in [0.05, 0.1) is 12.7 Å². The van der Waals surface area contributed by atoms with E-state index >= 15 is 0 Å². The lowest BCUT2D eigenvalue weighted by Gasteiger charge is -2.11. The Morgan fingerprint density at radius 2 is 1.67 bits per heavy atom. The molecule has 2 rings (SSSR count). The largest absolute Gasteiger partial charge is 0.465 e. The van der Waals surface area contributed by atoms with Crippen molar-refractivity contribution in [1.82, 2.24) is 0 Å². The third-order valence-electron chi connectivity index (χ3n) is 3.48. The first-order valence-electron chi connectivity index (χ1n) is 6.66. The Labute approximate surface area is 129 Å². The lowest BCUT2D eigenvalue weighted by Crippen LogP contribution is -2.07. The average Bonchev–Trinajstić information content (AvgIpc) is 2.45. The van der Waals surface area contributed by atoms with E-state index in [1.54, 1.807) is 17.8 Å². The molecule has 0 atom stereocenters. The molecule has 2 aromatic rings. The smallest absolute Gasteiger partial charge is 0.340 e. The Kier molecular flexibility index (Phi) is 4.58. The van der Waals surface area contributed by atoms with Crippen molar-refractivity contribution in [2.45, 2.75) is 30.6 Å². The van der Waals surface area contributed by atoms with E-state index in [0.717, 1.165) is 15.4 Å². The second-order valence-corrected chi connectivity index (χ2v) is 6.19. The molecule has 0 fully saturated rings. The lowest BCUT2D eigenvalue weighted by atomic mass is 10.1. The highest BCUT2D eigenvalue weighted by Crippen LogP contribution is 2.33. The van der Waals surface area contributed by atoms with Gasteiger partial charge in [-0.2, -0.15) is 0 Å². The minimum Gasteiger partial charge on any atom is -0.465 e. The van der Waals surface area contributed by atoms with Crippen molar-refractivity contribution in [3.63, 3.8) is 0 Å². The van der Waals surface area contributed by atoms with Gasteiger partial charge in [-0.25, -0.2) is 4.79 Å². The van der Waals surface area contributed by atoms with Crippen molar-refractivity contribution in [3.8, 4) is 0 Å². The lowest BCUT2D eigenvalue weighted by molar-refractivity contribution is 0.0601. The summed E-state index contributed by atoms with van der Waals surface area (Å²) in [6.45, 7) is 6.08. The van der Waals surface area contributed by atoms with E-state index in [2.05, 4.69) is 32.0 Å². The molecule has 0 unspecified atom stereocenters. The number of benzene rings is 2. The van der Waals surface area contributed by atoms with Crippen molar-refractivity contribution in [1.29, 1.82) is 0 Å². The van der Waals surface area contributed by atoms with Gasteiger partial charge < -0.3 is 10.5 Å². The van der Waals surface area contributed by atoms with Crippen molar-refractivity contribution in [2.75, 3.05) is 12.8 Å². The minimum atomic E-state index is -0.405. The van der Waals surface area contributed by atoms with Gasteiger partial charge in [0.2, 0.25) is 0 Å². The number of anilines is 1. The maximum Gasteiger partial charge on any atom is 0.340 e. The summed E-state index contributed by atoms with van der Waals surface area (Å²) in [7, 11) is 1.36. The number of hydrogen-bond donors (Lipinski definition) is 1. The normalized spacial score (nSPS) is 10.5. The Bertz CT molecular complexity index is 695. The molecule has 0 aromatic heterocycles. The van der Waals surface area contributed by atoms with Crippen LogP contribution in [0.1, 0.15) is 27.0 Å². The molecule has 0 heterocycles. The van der Waals surface area contributed by atoms with E-state index in [4.69, 9.17) is 10.5 Å². The van der Waals surface area contributed by atoms with E-state index in [9.17, 15) is 4.79 Å². The molecule has 0 saturated heterocycles. The number of aryl methyl sites for hydroxylation is 3. The summed E-state index contributed by atoms with van der Waals surface area (Å²) in [6.07, 6.45) is 0. The van der Waals surface area contributed by atoms with E-state index < -0.39 is 5.97 Å². The number of esters is 1. The summed E-state index contributed by atoms with van der Waals surface area (Å²) >= 11 is 1.61. The number of methoxy groups -OCH3 is 1. The van der Waals surface area contributed by atoms with Crippen molar-refractivity contribution in [2.24, 2.45) is 0 Å². The molecular formula is C17H19NO2S. The molecule has 2 N–H and O–H groups in total. The van der Waals surface area contributed by atoms with Crippen molar-refractivity contribution < 1.29 is 9.53 Å². The number of carbonyl (C=O) groups is 1. The zero-order chi connectivity index (χ0) is 15.6. The van der Waals surface area contributed by atoms with Gasteiger partial charge in [-0.3, -0.25) is 0 Å². The third kappa shape index (κ3) is 3.39. The summed E-state index contributed by atoms with van der Waals surface area (Å²) in [5, 5.41) is 0. The first kappa shape index (κ1) is 15.4. The number of hydrogen-bond acceptors (Lipinski definition) is 4. The van der Waals surface area contributed by atoms with Crippen LogP contribution in [0.3, 0.4) is 0 Å².